The molecule has 27 heavy (non-hydrogen) atoms. The molecule has 4 nitrogen and oxygen atoms in total. The molecule has 0 radical (unpaired) electrons. The van der Waals surface area contributed by atoms with Crippen LogP contribution < -0.4 is 14.4 Å². The number of ether oxygens (including phenoxy) is 2. The quantitative estimate of drug-likeness (QED) is 0.678. The topological polar surface area (TPSA) is 24.9 Å². The molecule has 1 aliphatic heterocycles. The summed E-state index contributed by atoms with van der Waals surface area (Å²) >= 11 is 3.53. The molecule has 144 valence electrons. The lowest BCUT2D eigenvalue weighted by Gasteiger charge is -2.36. The summed E-state index contributed by atoms with van der Waals surface area (Å²) in [6.07, 6.45) is 1.32. The third kappa shape index (κ3) is 4.25. The zero-order valence-electron chi connectivity index (χ0n) is 16.0. The van der Waals surface area contributed by atoms with Crippen molar-refractivity contribution in [2.24, 2.45) is 5.92 Å². The lowest BCUT2D eigenvalue weighted by molar-refractivity contribution is 0.246. The van der Waals surface area contributed by atoms with Crippen molar-refractivity contribution in [2.75, 3.05) is 51.8 Å². The van der Waals surface area contributed by atoms with Crippen LogP contribution in [0.2, 0.25) is 0 Å². The largest absolute Gasteiger partial charge is 0.497 e. The molecule has 5 heteroatoms. The van der Waals surface area contributed by atoms with Crippen LogP contribution in [0.15, 0.2) is 46.9 Å². The van der Waals surface area contributed by atoms with E-state index in [1.807, 2.05) is 0 Å². The Kier molecular flexibility index (Phi) is 5.60. The number of rotatable bonds is 6. The Hall–Kier alpha value is -1.72. The van der Waals surface area contributed by atoms with Crippen LogP contribution in [-0.2, 0) is 0 Å². The molecule has 1 saturated carbocycles. The van der Waals surface area contributed by atoms with Crippen LogP contribution in [0.25, 0.3) is 0 Å². The minimum Gasteiger partial charge on any atom is -0.497 e. The van der Waals surface area contributed by atoms with Crippen molar-refractivity contribution >= 4 is 21.6 Å². The summed E-state index contributed by atoms with van der Waals surface area (Å²) in [5, 5.41) is 0. The van der Waals surface area contributed by atoms with Gasteiger partial charge in [0, 0.05) is 44.5 Å². The molecule has 0 N–H and O–H groups in total. The van der Waals surface area contributed by atoms with Crippen molar-refractivity contribution < 1.29 is 9.47 Å². The number of nitrogens with zero attached hydrogens (tertiary/aromatic N) is 2. The first-order valence-electron chi connectivity index (χ1n) is 9.62. The second-order valence-corrected chi connectivity index (χ2v) is 8.34. The maximum Gasteiger partial charge on any atom is 0.135 e. The average Bonchev–Trinajstić information content (AvgIpc) is 3.48. The molecule has 0 bridgehead atoms. The first-order chi connectivity index (χ1) is 13.2. The van der Waals surface area contributed by atoms with Gasteiger partial charge < -0.3 is 14.4 Å². The van der Waals surface area contributed by atoms with Gasteiger partial charge in [0.1, 0.15) is 11.5 Å². The second kappa shape index (κ2) is 8.11. The van der Waals surface area contributed by atoms with E-state index in [9.17, 15) is 0 Å². The molecule has 2 aromatic carbocycles. The third-order valence-electron chi connectivity index (χ3n) is 5.83. The van der Waals surface area contributed by atoms with Crippen LogP contribution in [0.3, 0.4) is 0 Å². The van der Waals surface area contributed by atoms with Gasteiger partial charge in [-0.25, -0.2) is 0 Å². The Morgan fingerprint density at radius 2 is 1.70 bits per heavy atom. The molecule has 2 fully saturated rings. The predicted octanol–water partition coefficient (Wildman–Crippen LogP) is 4.39. The minimum atomic E-state index is 0.727. The number of hydrogen-bond acceptors (Lipinski definition) is 4. The van der Waals surface area contributed by atoms with E-state index in [1.54, 1.807) is 14.2 Å². The summed E-state index contributed by atoms with van der Waals surface area (Å²) in [5.74, 6) is 3.37. The number of anilines is 1. The third-order valence-corrected chi connectivity index (χ3v) is 6.49. The molecule has 1 aliphatic carbocycles. The number of hydrogen-bond donors (Lipinski definition) is 0. The summed E-state index contributed by atoms with van der Waals surface area (Å²) in [6.45, 7) is 5.62. The van der Waals surface area contributed by atoms with Crippen molar-refractivity contribution in [3.05, 3.63) is 52.5 Å². The van der Waals surface area contributed by atoms with Gasteiger partial charge in [0.2, 0.25) is 0 Å². The van der Waals surface area contributed by atoms with Crippen LogP contribution in [-0.4, -0.2) is 51.8 Å². The minimum absolute atomic E-state index is 0.727. The fourth-order valence-electron chi connectivity index (χ4n) is 4.07. The maximum absolute atomic E-state index is 5.44. The number of benzene rings is 2. The van der Waals surface area contributed by atoms with Crippen LogP contribution in [0.4, 0.5) is 5.69 Å². The monoisotopic (exact) mass is 430 g/mol. The highest BCUT2D eigenvalue weighted by molar-refractivity contribution is 9.10. The highest BCUT2D eigenvalue weighted by atomic mass is 79.9. The molecule has 0 unspecified atom stereocenters. The molecule has 1 saturated heterocycles. The second-order valence-electron chi connectivity index (χ2n) is 7.48. The first-order valence-corrected chi connectivity index (χ1v) is 10.4. The van der Waals surface area contributed by atoms with E-state index in [4.69, 9.17) is 9.47 Å². The van der Waals surface area contributed by atoms with Gasteiger partial charge in [-0.1, -0.05) is 12.1 Å². The van der Waals surface area contributed by atoms with Crippen molar-refractivity contribution in [1.82, 2.24) is 4.90 Å². The van der Waals surface area contributed by atoms with Crippen molar-refractivity contribution in [1.29, 1.82) is 0 Å². The first kappa shape index (κ1) is 18.6. The van der Waals surface area contributed by atoms with E-state index in [0.717, 1.165) is 54.0 Å². The van der Waals surface area contributed by atoms with E-state index < -0.39 is 0 Å². The molecule has 1 heterocycles. The van der Waals surface area contributed by atoms with Crippen LogP contribution in [0, 0.1) is 5.92 Å². The van der Waals surface area contributed by atoms with Gasteiger partial charge in [-0.3, -0.25) is 4.90 Å². The summed E-state index contributed by atoms with van der Waals surface area (Å²) in [7, 11) is 3.44. The number of methoxy groups -OCH3 is 2. The van der Waals surface area contributed by atoms with Gasteiger partial charge in [0.15, 0.2) is 0 Å². The molecule has 0 amide bonds. The smallest absolute Gasteiger partial charge is 0.135 e. The number of halogens is 1. The maximum atomic E-state index is 5.44. The van der Waals surface area contributed by atoms with Crippen molar-refractivity contribution in [3.63, 3.8) is 0 Å². The Labute approximate surface area is 170 Å². The molecular formula is C22H27BrN2O2. The fraction of sp³-hybridized carbons (Fsp3) is 0.455. The summed E-state index contributed by atoms with van der Waals surface area (Å²) < 4.78 is 11.7. The van der Waals surface area contributed by atoms with Crippen molar-refractivity contribution in [2.45, 2.75) is 12.3 Å². The Balaban J connectivity index is 1.28. The molecule has 0 aromatic heterocycles. The lowest BCUT2D eigenvalue weighted by Crippen LogP contribution is -2.47. The zero-order chi connectivity index (χ0) is 18.8. The summed E-state index contributed by atoms with van der Waals surface area (Å²) in [5.41, 5.74) is 2.71. The molecule has 2 aromatic rings. The van der Waals surface area contributed by atoms with E-state index in [2.05, 4.69) is 68.2 Å². The zero-order valence-corrected chi connectivity index (χ0v) is 17.6. The molecule has 4 rings (SSSR count). The van der Waals surface area contributed by atoms with Gasteiger partial charge in [-0.2, -0.15) is 0 Å². The molecule has 2 atom stereocenters. The van der Waals surface area contributed by atoms with Crippen LogP contribution in [0.1, 0.15) is 17.9 Å². The lowest BCUT2D eigenvalue weighted by atomic mass is 10.1. The van der Waals surface area contributed by atoms with E-state index >= 15 is 0 Å². The summed E-state index contributed by atoms with van der Waals surface area (Å²) in [6, 6.07) is 15.0. The average molecular weight is 431 g/mol. The molecular weight excluding hydrogens is 404 g/mol. The van der Waals surface area contributed by atoms with Gasteiger partial charge in [0.25, 0.3) is 0 Å². The van der Waals surface area contributed by atoms with E-state index in [1.165, 1.54) is 24.2 Å². The van der Waals surface area contributed by atoms with Gasteiger partial charge in [0.05, 0.1) is 18.7 Å². The van der Waals surface area contributed by atoms with Crippen LogP contribution in [0.5, 0.6) is 11.5 Å². The number of piperazine rings is 1. The van der Waals surface area contributed by atoms with E-state index in [-0.39, 0.29) is 0 Å². The normalized spacial score (nSPS) is 22.6. The van der Waals surface area contributed by atoms with Crippen molar-refractivity contribution in [3.8, 4) is 11.5 Å². The highest BCUT2D eigenvalue weighted by Gasteiger charge is 2.39. The highest BCUT2D eigenvalue weighted by Crippen LogP contribution is 2.48. The Bertz CT molecular complexity index is 772. The molecule has 0 spiro atoms. The standard InChI is InChI=1S/C22H27BrN2O2/c1-26-19-6-3-16(4-7-19)20-13-17(20)15-24-9-11-25(12-10-24)18-5-8-21(23)22(14-18)27-2/h3-8,14,17,20H,9-13,15H2,1-2H3/t17-,20-/m0/s1. The Morgan fingerprint density at radius 1 is 0.963 bits per heavy atom. The summed E-state index contributed by atoms with van der Waals surface area (Å²) in [4.78, 5) is 5.08. The SMILES string of the molecule is COc1ccc([C@@H]2C[C@H]2CN2CCN(c3ccc(Br)c(OC)c3)CC2)cc1. The van der Waals surface area contributed by atoms with E-state index in [0.29, 0.717) is 0 Å². The van der Waals surface area contributed by atoms with Gasteiger partial charge in [-0.05, 0) is 64.0 Å². The van der Waals surface area contributed by atoms with Gasteiger partial charge >= 0.3 is 0 Å². The van der Waals surface area contributed by atoms with Crippen LogP contribution >= 0.6 is 15.9 Å². The van der Waals surface area contributed by atoms with Gasteiger partial charge in [-0.15, -0.1) is 0 Å². The fourth-order valence-corrected chi connectivity index (χ4v) is 4.48. The Morgan fingerprint density at radius 3 is 2.37 bits per heavy atom. The predicted molar refractivity (Wildman–Crippen MR) is 113 cm³/mol. The molecule has 2 aliphatic rings.